The highest BCUT2D eigenvalue weighted by Gasteiger charge is 2.04. The fraction of sp³-hybridized carbons (Fsp3) is 0.188. The van der Waals surface area contributed by atoms with Gasteiger partial charge in [0.2, 0.25) is 0 Å². The summed E-state index contributed by atoms with van der Waals surface area (Å²) in [6.07, 6.45) is 7.08. The summed E-state index contributed by atoms with van der Waals surface area (Å²) >= 11 is 0. The van der Waals surface area contributed by atoms with Gasteiger partial charge < -0.3 is 0 Å². The summed E-state index contributed by atoms with van der Waals surface area (Å²) < 4.78 is 13.5. The summed E-state index contributed by atoms with van der Waals surface area (Å²) in [4.78, 5) is 4.51. The molecular weight excluding hydrogens is 225 g/mol. The third-order valence-corrected chi connectivity index (χ3v) is 2.74. The molecule has 0 saturated carbocycles. The monoisotopic (exact) mass is 241 g/mol. The van der Waals surface area contributed by atoms with Gasteiger partial charge in [-0.05, 0) is 43.2 Å². The van der Waals surface area contributed by atoms with Crippen LogP contribution in [0.25, 0.3) is 16.5 Å². The molecule has 18 heavy (non-hydrogen) atoms. The molecule has 0 amide bonds. The number of fused-ring (bicyclic) bond motifs is 1. The summed E-state index contributed by atoms with van der Waals surface area (Å²) in [5, 5.41) is 0.567. The van der Waals surface area contributed by atoms with Crippen molar-refractivity contribution >= 4 is 16.5 Å². The van der Waals surface area contributed by atoms with Gasteiger partial charge in [-0.3, -0.25) is 0 Å². The van der Waals surface area contributed by atoms with E-state index in [2.05, 4.69) is 18.0 Å². The fourth-order valence-electron chi connectivity index (χ4n) is 1.94. The number of halogens is 1. The molecule has 0 atom stereocenters. The molecule has 0 spiro atoms. The Morgan fingerprint density at radius 1 is 1.28 bits per heavy atom. The summed E-state index contributed by atoms with van der Waals surface area (Å²) in [6.45, 7) is 4.06. The Hall–Kier alpha value is -1.96. The molecule has 0 radical (unpaired) electrons. The third-order valence-electron chi connectivity index (χ3n) is 2.74. The lowest BCUT2D eigenvalue weighted by Gasteiger charge is -2.04. The highest BCUT2D eigenvalue weighted by molar-refractivity contribution is 5.83. The molecular formula is C16H16FN. The fourth-order valence-corrected chi connectivity index (χ4v) is 1.94. The van der Waals surface area contributed by atoms with E-state index in [0.29, 0.717) is 10.9 Å². The van der Waals surface area contributed by atoms with Crippen LogP contribution in [0, 0.1) is 5.82 Å². The molecule has 0 bridgehead atoms. The second-order valence-electron chi connectivity index (χ2n) is 4.07. The number of nitrogens with zero attached hydrogens (tertiary/aromatic N) is 1. The Morgan fingerprint density at radius 2 is 2.11 bits per heavy atom. The first-order chi connectivity index (χ1) is 8.76. The van der Waals surface area contributed by atoms with Crippen LogP contribution >= 0.6 is 0 Å². The highest BCUT2D eigenvalue weighted by Crippen LogP contribution is 2.21. The molecule has 1 aromatic carbocycles. The van der Waals surface area contributed by atoms with E-state index in [1.807, 2.05) is 31.2 Å². The first-order valence-electron chi connectivity index (χ1n) is 6.14. The number of rotatable bonds is 3. The van der Waals surface area contributed by atoms with Crippen LogP contribution in [0.5, 0.6) is 0 Å². The molecule has 0 N–H and O–H groups in total. The molecule has 0 aliphatic rings. The minimum absolute atomic E-state index is 0.224. The van der Waals surface area contributed by atoms with Gasteiger partial charge in [0.25, 0.3) is 0 Å². The van der Waals surface area contributed by atoms with Crippen molar-refractivity contribution in [3.8, 4) is 0 Å². The Kier molecular flexibility index (Phi) is 3.88. The van der Waals surface area contributed by atoms with Crippen molar-refractivity contribution in [3.63, 3.8) is 0 Å². The second-order valence-corrected chi connectivity index (χ2v) is 4.07. The molecule has 0 unspecified atom stereocenters. The summed E-state index contributed by atoms with van der Waals surface area (Å²) in [6, 6.07) is 8.64. The molecule has 0 aliphatic heterocycles. The maximum absolute atomic E-state index is 13.5. The van der Waals surface area contributed by atoms with Gasteiger partial charge in [0.05, 0.1) is 11.2 Å². The van der Waals surface area contributed by atoms with E-state index in [1.54, 1.807) is 12.1 Å². The Morgan fingerprint density at radius 3 is 2.83 bits per heavy atom. The van der Waals surface area contributed by atoms with Crippen molar-refractivity contribution in [3.05, 3.63) is 60.1 Å². The Balaban J connectivity index is 2.56. The number of allylic oxidation sites excluding steroid dienone is 4. The van der Waals surface area contributed by atoms with Crippen LogP contribution < -0.4 is 0 Å². The van der Waals surface area contributed by atoms with Crippen molar-refractivity contribution in [2.24, 2.45) is 0 Å². The van der Waals surface area contributed by atoms with E-state index in [4.69, 9.17) is 0 Å². The maximum atomic E-state index is 13.5. The van der Waals surface area contributed by atoms with Gasteiger partial charge in [-0.1, -0.05) is 31.2 Å². The molecule has 1 nitrogen and oxygen atoms in total. The van der Waals surface area contributed by atoms with Crippen molar-refractivity contribution in [2.45, 2.75) is 20.3 Å². The number of pyridine rings is 1. The van der Waals surface area contributed by atoms with Crippen molar-refractivity contribution in [1.29, 1.82) is 0 Å². The van der Waals surface area contributed by atoms with E-state index < -0.39 is 0 Å². The predicted molar refractivity (Wildman–Crippen MR) is 74.8 cm³/mol. The molecule has 92 valence electrons. The molecule has 0 fully saturated rings. The summed E-state index contributed by atoms with van der Waals surface area (Å²) in [5.41, 5.74) is 2.65. The quantitative estimate of drug-likeness (QED) is 0.707. The van der Waals surface area contributed by atoms with E-state index in [9.17, 15) is 4.39 Å². The number of hydrogen-bond acceptors (Lipinski definition) is 1. The van der Waals surface area contributed by atoms with Crippen molar-refractivity contribution in [2.75, 3.05) is 0 Å². The van der Waals surface area contributed by atoms with Crippen molar-refractivity contribution in [1.82, 2.24) is 4.98 Å². The van der Waals surface area contributed by atoms with Crippen LogP contribution in [-0.2, 0) is 0 Å². The zero-order chi connectivity index (χ0) is 13.0. The summed E-state index contributed by atoms with van der Waals surface area (Å²) in [5.74, 6) is -0.224. The molecule has 0 aliphatic carbocycles. The Labute approximate surface area is 107 Å². The van der Waals surface area contributed by atoms with Gasteiger partial charge in [-0.2, -0.15) is 0 Å². The van der Waals surface area contributed by atoms with Crippen LogP contribution in [0.4, 0.5) is 4.39 Å². The van der Waals surface area contributed by atoms with Crippen LogP contribution in [0.3, 0.4) is 0 Å². The van der Waals surface area contributed by atoms with Gasteiger partial charge in [-0.15, -0.1) is 0 Å². The average Bonchev–Trinajstić information content (AvgIpc) is 2.38. The number of hydrogen-bond donors (Lipinski definition) is 0. The smallest absolute Gasteiger partial charge is 0.132 e. The molecule has 0 saturated heterocycles. The van der Waals surface area contributed by atoms with E-state index >= 15 is 0 Å². The largest absolute Gasteiger partial charge is 0.248 e. The van der Waals surface area contributed by atoms with Crippen LogP contribution in [0.2, 0.25) is 0 Å². The first kappa shape index (κ1) is 12.5. The molecule has 2 heteroatoms. The van der Waals surface area contributed by atoms with Crippen LogP contribution in [-0.4, -0.2) is 4.98 Å². The number of aromatic nitrogens is 1. The second kappa shape index (κ2) is 5.58. The molecule has 2 aromatic rings. The maximum Gasteiger partial charge on any atom is 0.132 e. The predicted octanol–water partition coefficient (Wildman–Crippen LogP) is 4.74. The Bertz CT molecular complexity index is 612. The minimum atomic E-state index is -0.224. The van der Waals surface area contributed by atoms with Crippen LogP contribution in [0.1, 0.15) is 26.0 Å². The summed E-state index contributed by atoms with van der Waals surface area (Å²) in [7, 11) is 0. The lowest BCUT2D eigenvalue weighted by atomic mass is 10.1. The number of benzene rings is 1. The van der Waals surface area contributed by atoms with Gasteiger partial charge in [0.1, 0.15) is 5.82 Å². The minimum Gasteiger partial charge on any atom is -0.248 e. The third kappa shape index (κ3) is 2.48. The van der Waals surface area contributed by atoms with Gasteiger partial charge in [-0.25, -0.2) is 9.37 Å². The normalized spacial score (nSPS) is 12.5. The zero-order valence-corrected chi connectivity index (χ0v) is 10.7. The van der Waals surface area contributed by atoms with E-state index in [-0.39, 0.29) is 5.82 Å². The SMILES string of the molecule is C/C=C\C(=C/CC)c1ccc2c(F)cccc2n1. The first-order valence-corrected chi connectivity index (χ1v) is 6.14. The topological polar surface area (TPSA) is 12.9 Å². The van der Waals surface area contributed by atoms with E-state index in [0.717, 1.165) is 17.7 Å². The van der Waals surface area contributed by atoms with Crippen molar-refractivity contribution < 1.29 is 4.39 Å². The highest BCUT2D eigenvalue weighted by atomic mass is 19.1. The van der Waals surface area contributed by atoms with Crippen LogP contribution in [0.15, 0.2) is 48.6 Å². The van der Waals surface area contributed by atoms with Gasteiger partial charge >= 0.3 is 0 Å². The zero-order valence-electron chi connectivity index (χ0n) is 10.7. The molecule has 1 heterocycles. The lowest BCUT2D eigenvalue weighted by Crippen LogP contribution is -1.90. The average molecular weight is 241 g/mol. The lowest BCUT2D eigenvalue weighted by molar-refractivity contribution is 0.639. The van der Waals surface area contributed by atoms with E-state index in [1.165, 1.54) is 6.07 Å². The molecule has 1 aromatic heterocycles. The van der Waals surface area contributed by atoms with Gasteiger partial charge in [0, 0.05) is 5.39 Å². The molecule has 2 rings (SSSR count). The van der Waals surface area contributed by atoms with Gasteiger partial charge in [0.15, 0.2) is 0 Å². The standard InChI is InChI=1S/C16H16FN/c1-3-6-12(7-4-2)15-11-10-13-14(17)8-5-9-16(13)18-15/h3,5-11H,4H2,1-2H3/b6-3-,12-7+.